The molecule has 0 aliphatic heterocycles. The normalized spacial score (nSPS) is 10.8. The summed E-state index contributed by atoms with van der Waals surface area (Å²) in [6.45, 7) is 7.20. The second-order valence-corrected chi connectivity index (χ2v) is 3.98. The molecule has 1 N–H and O–H groups in total. The van der Waals surface area contributed by atoms with Crippen molar-refractivity contribution in [1.29, 1.82) is 0 Å². The molecule has 0 spiro atoms. The van der Waals surface area contributed by atoms with Crippen LogP contribution >= 0.6 is 0 Å². The fourth-order valence-electron chi connectivity index (χ4n) is 1.81. The third-order valence-corrected chi connectivity index (χ3v) is 2.75. The number of carboxylic acids is 1. The first-order chi connectivity index (χ1) is 7.63. The minimum atomic E-state index is -0.807. The number of rotatable bonds is 10. The smallest absolute Gasteiger partial charge is 0.310 e. The first-order valence-corrected chi connectivity index (χ1v) is 5.52. The van der Waals surface area contributed by atoms with Crippen LogP contribution in [0.5, 0.6) is 0 Å². The molecule has 0 radical (unpaired) electrons. The lowest BCUT2D eigenvalue weighted by Crippen LogP contribution is -2.30. The van der Waals surface area contributed by atoms with Crippen molar-refractivity contribution in [3.05, 3.63) is 25.3 Å². The van der Waals surface area contributed by atoms with Crippen LogP contribution in [0.25, 0.3) is 0 Å². The molecule has 0 aromatic heterocycles. The molecule has 0 aromatic rings. The fraction of sp³-hybridized carbons (Fsp3) is 0.538. The lowest BCUT2D eigenvalue weighted by Gasteiger charge is -2.26. The third-order valence-electron chi connectivity index (χ3n) is 2.75. The van der Waals surface area contributed by atoms with Gasteiger partial charge in [0.05, 0.1) is 5.41 Å². The second kappa shape index (κ2) is 7.85. The predicted molar refractivity (Wildman–Crippen MR) is 64.2 cm³/mol. The Kier molecular flexibility index (Phi) is 7.18. The maximum atomic E-state index is 11.3. The number of carboxylic acid groups (broad SMARTS) is 1. The Bertz CT molecular complexity index is 246. The Balaban J connectivity index is 4.47. The summed E-state index contributed by atoms with van der Waals surface area (Å²) in [5.41, 5.74) is -0.785. The summed E-state index contributed by atoms with van der Waals surface area (Å²) in [5.74, 6) is -0.807. The van der Waals surface area contributed by atoms with E-state index in [-0.39, 0.29) is 0 Å². The van der Waals surface area contributed by atoms with Crippen LogP contribution in [-0.2, 0) is 9.59 Å². The highest BCUT2D eigenvalue weighted by atomic mass is 16.4. The SMILES string of the molecule is C=CCC(CC=C)(CCCCC=O)C(=O)O. The van der Waals surface area contributed by atoms with Crippen molar-refractivity contribution < 1.29 is 14.7 Å². The van der Waals surface area contributed by atoms with Gasteiger partial charge in [0.2, 0.25) is 0 Å². The molecule has 0 fully saturated rings. The third kappa shape index (κ3) is 4.43. The molecule has 90 valence electrons. The lowest BCUT2D eigenvalue weighted by molar-refractivity contribution is -0.149. The number of unbranched alkanes of at least 4 members (excludes halogenated alkanes) is 2. The molecule has 3 heteroatoms. The Morgan fingerprint density at radius 3 is 2.12 bits per heavy atom. The van der Waals surface area contributed by atoms with Crippen LogP contribution in [0.3, 0.4) is 0 Å². The number of carbonyl (C=O) groups is 2. The molecule has 0 aliphatic carbocycles. The van der Waals surface area contributed by atoms with E-state index < -0.39 is 11.4 Å². The summed E-state index contributed by atoms with van der Waals surface area (Å²) in [6.07, 6.45) is 7.56. The number of hydrogen-bond donors (Lipinski definition) is 1. The molecule has 0 bridgehead atoms. The van der Waals surface area contributed by atoms with Gasteiger partial charge in [-0.2, -0.15) is 0 Å². The predicted octanol–water partition coefficient (Wildman–Crippen LogP) is 2.97. The molecule has 0 atom stereocenters. The molecule has 0 amide bonds. The van der Waals surface area contributed by atoms with Crippen molar-refractivity contribution in [3.8, 4) is 0 Å². The highest BCUT2D eigenvalue weighted by molar-refractivity contribution is 5.75. The maximum absolute atomic E-state index is 11.3. The van der Waals surface area contributed by atoms with Gasteiger partial charge in [-0.25, -0.2) is 0 Å². The first-order valence-electron chi connectivity index (χ1n) is 5.52. The molecule has 0 heterocycles. The Labute approximate surface area is 96.9 Å². The van der Waals surface area contributed by atoms with Gasteiger partial charge < -0.3 is 9.90 Å². The largest absolute Gasteiger partial charge is 0.481 e. The number of hydrogen-bond acceptors (Lipinski definition) is 2. The van der Waals surface area contributed by atoms with Crippen LogP contribution in [0.2, 0.25) is 0 Å². The zero-order valence-corrected chi connectivity index (χ0v) is 9.65. The van der Waals surface area contributed by atoms with Crippen LogP contribution in [0.1, 0.15) is 38.5 Å². The van der Waals surface area contributed by atoms with Gasteiger partial charge in [0.25, 0.3) is 0 Å². The van der Waals surface area contributed by atoms with E-state index in [0.717, 1.165) is 19.1 Å². The van der Waals surface area contributed by atoms with Gasteiger partial charge in [0.15, 0.2) is 0 Å². The van der Waals surface area contributed by atoms with Gasteiger partial charge in [0, 0.05) is 6.42 Å². The van der Waals surface area contributed by atoms with Crippen molar-refractivity contribution in [2.75, 3.05) is 0 Å². The molecule has 0 aromatic carbocycles. The van der Waals surface area contributed by atoms with E-state index in [4.69, 9.17) is 0 Å². The van der Waals surface area contributed by atoms with Crippen LogP contribution in [0.15, 0.2) is 25.3 Å². The van der Waals surface area contributed by atoms with Crippen molar-refractivity contribution in [2.24, 2.45) is 5.41 Å². The number of carbonyl (C=O) groups excluding carboxylic acids is 1. The van der Waals surface area contributed by atoms with E-state index >= 15 is 0 Å². The Morgan fingerprint density at radius 1 is 1.19 bits per heavy atom. The van der Waals surface area contributed by atoms with E-state index in [1.807, 2.05) is 0 Å². The highest BCUT2D eigenvalue weighted by Crippen LogP contribution is 2.34. The summed E-state index contributed by atoms with van der Waals surface area (Å²) in [5, 5.41) is 9.28. The molecule has 0 saturated carbocycles. The molecule has 0 saturated heterocycles. The zero-order valence-electron chi connectivity index (χ0n) is 9.65. The van der Waals surface area contributed by atoms with E-state index in [1.54, 1.807) is 12.2 Å². The van der Waals surface area contributed by atoms with Crippen molar-refractivity contribution in [3.63, 3.8) is 0 Å². The number of allylic oxidation sites excluding steroid dienone is 2. The van der Waals surface area contributed by atoms with E-state index in [1.165, 1.54) is 0 Å². The number of aliphatic carboxylic acids is 1. The Hall–Kier alpha value is -1.38. The average Bonchev–Trinajstić information content (AvgIpc) is 2.24. The lowest BCUT2D eigenvalue weighted by atomic mass is 9.76. The molecular formula is C13H20O3. The van der Waals surface area contributed by atoms with Crippen LogP contribution in [0.4, 0.5) is 0 Å². The minimum Gasteiger partial charge on any atom is -0.481 e. The zero-order chi connectivity index (χ0) is 12.4. The highest BCUT2D eigenvalue weighted by Gasteiger charge is 2.35. The summed E-state index contributed by atoms with van der Waals surface area (Å²) >= 11 is 0. The maximum Gasteiger partial charge on any atom is 0.310 e. The topological polar surface area (TPSA) is 54.4 Å². The summed E-state index contributed by atoms with van der Waals surface area (Å²) in [6, 6.07) is 0. The quantitative estimate of drug-likeness (QED) is 0.352. The summed E-state index contributed by atoms with van der Waals surface area (Å²) in [4.78, 5) is 21.5. The molecular weight excluding hydrogens is 204 g/mol. The first kappa shape index (κ1) is 14.6. The van der Waals surface area contributed by atoms with Crippen LogP contribution < -0.4 is 0 Å². The Morgan fingerprint density at radius 2 is 1.75 bits per heavy atom. The fourth-order valence-corrected chi connectivity index (χ4v) is 1.81. The van der Waals surface area contributed by atoms with Gasteiger partial charge in [-0.05, 0) is 25.7 Å². The van der Waals surface area contributed by atoms with Crippen molar-refractivity contribution >= 4 is 12.3 Å². The molecule has 3 nitrogen and oxygen atoms in total. The van der Waals surface area contributed by atoms with Gasteiger partial charge in [-0.15, -0.1) is 13.2 Å². The van der Waals surface area contributed by atoms with E-state index in [9.17, 15) is 14.7 Å². The van der Waals surface area contributed by atoms with Gasteiger partial charge >= 0.3 is 5.97 Å². The van der Waals surface area contributed by atoms with Crippen molar-refractivity contribution in [2.45, 2.75) is 38.5 Å². The van der Waals surface area contributed by atoms with Gasteiger partial charge in [0.1, 0.15) is 6.29 Å². The monoisotopic (exact) mass is 224 g/mol. The van der Waals surface area contributed by atoms with Gasteiger partial charge in [-0.3, -0.25) is 4.79 Å². The standard InChI is InChI=1S/C13H20O3/c1-3-8-13(9-4-2,12(15)16)10-6-5-7-11-14/h3-4,11H,1-2,5-10H2,(H,15,16). The minimum absolute atomic E-state index is 0.440. The van der Waals surface area contributed by atoms with E-state index in [2.05, 4.69) is 13.2 Å². The van der Waals surface area contributed by atoms with Crippen LogP contribution in [0, 0.1) is 5.41 Å². The van der Waals surface area contributed by atoms with E-state index in [0.29, 0.717) is 25.7 Å². The number of aldehydes is 1. The average molecular weight is 224 g/mol. The van der Waals surface area contributed by atoms with Crippen molar-refractivity contribution in [1.82, 2.24) is 0 Å². The molecule has 16 heavy (non-hydrogen) atoms. The second-order valence-electron chi connectivity index (χ2n) is 3.98. The molecule has 0 rings (SSSR count). The summed E-state index contributed by atoms with van der Waals surface area (Å²) < 4.78 is 0. The summed E-state index contributed by atoms with van der Waals surface area (Å²) in [7, 11) is 0. The molecule has 0 aliphatic rings. The molecule has 0 unspecified atom stereocenters. The van der Waals surface area contributed by atoms with Crippen LogP contribution in [-0.4, -0.2) is 17.4 Å². The van der Waals surface area contributed by atoms with Gasteiger partial charge in [-0.1, -0.05) is 18.6 Å².